The number of hydrogen-bond acceptors (Lipinski definition) is 8. The lowest BCUT2D eigenvalue weighted by molar-refractivity contribution is 0.0575. The fraction of sp³-hybridized carbons (Fsp3) is 0.750. The summed E-state index contributed by atoms with van der Waals surface area (Å²) in [7, 11) is 0. The molecule has 2 atom stereocenters. The third kappa shape index (κ3) is 7.02. The molecule has 0 radical (unpaired) electrons. The van der Waals surface area contributed by atoms with Crippen molar-refractivity contribution in [3.63, 3.8) is 0 Å². The number of fused-ring (bicyclic) bond motifs is 1. The second-order valence-electron chi connectivity index (χ2n) is 10.1. The Bertz CT molecular complexity index is 955. The fourth-order valence-corrected chi connectivity index (χ4v) is 3.48. The van der Waals surface area contributed by atoms with Gasteiger partial charge in [0, 0.05) is 19.7 Å². The molecule has 0 bridgehead atoms. The van der Waals surface area contributed by atoms with Crippen LogP contribution in [0.1, 0.15) is 67.7 Å². The Morgan fingerprint density at radius 1 is 1.26 bits per heavy atom. The van der Waals surface area contributed by atoms with Crippen LogP contribution in [0.2, 0.25) is 0 Å². The molecule has 34 heavy (non-hydrogen) atoms. The van der Waals surface area contributed by atoms with Crippen LogP contribution in [0, 0.1) is 5.92 Å². The van der Waals surface area contributed by atoms with Gasteiger partial charge < -0.3 is 24.1 Å². The van der Waals surface area contributed by atoms with E-state index in [1.807, 2.05) is 32.3 Å². The molecule has 190 valence electrons. The number of rotatable bonds is 12. The van der Waals surface area contributed by atoms with Gasteiger partial charge in [0.2, 0.25) is 5.95 Å². The maximum absolute atomic E-state index is 13.1. The zero-order valence-electron chi connectivity index (χ0n) is 21.6. The molecule has 1 N–H and O–H groups in total. The summed E-state index contributed by atoms with van der Waals surface area (Å²) in [4.78, 5) is 28.8. The molecule has 0 spiro atoms. The van der Waals surface area contributed by atoms with Gasteiger partial charge in [-0.1, -0.05) is 33.6 Å². The number of carbonyl (C=O) groups excluding carboxylic acids is 1. The van der Waals surface area contributed by atoms with Crippen LogP contribution in [0.25, 0.3) is 11.2 Å². The van der Waals surface area contributed by atoms with Crippen molar-refractivity contribution < 1.29 is 19.0 Å². The zero-order chi connectivity index (χ0) is 24.9. The quantitative estimate of drug-likeness (QED) is 0.350. The van der Waals surface area contributed by atoms with Crippen molar-refractivity contribution >= 4 is 29.0 Å². The van der Waals surface area contributed by atoms with E-state index in [1.54, 1.807) is 6.33 Å². The van der Waals surface area contributed by atoms with Crippen LogP contribution in [-0.4, -0.2) is 63.3 Å². The number of nitrogens with one attached hydrogen (secondary N) is 1. The van der Waals surface area contributed by atoms with E-state index in [0.717, 1.165) is 25.8 Å². The minimum absolute atomic E-state index is 0.0469. The lowest BCUT2D eigenvalue weighted by Crippen LogP contribution is -2.38. The van der Waals surface area contributed by atoms with E-state index >= 15 is 0 Å². The molecule has 2 unspecified atom stereocenters. The molecule has 0 aromatic carbocycles. The average molecular weight is 477 g/mol. The second-order valence-corrected chi connectivity index (χ2v) is 10.1. The van der Waals surface area contributed by atoms with Crippen LogP contribution in [0.4, 0.5) is 16.6 Å². The fourth-order valence-electron chi connectivity index (χ4n) is 3.48. The van der Waals surface area contributed by atoms with Crippen LogP contribution < -0.4 is 10.2 Å². The molecule has 1 aliphatic rings. The Hall–Kier alpha value is -2.46. The van der Waals surface area contributed by atoms with Crippen LogP contribution in [0.5, 0.6) is 0 Å². The highest BCUT2D eigenvalue weighted by molar-refractivity contribution is 5.90. The molecule has 1 aliphatic heterocycles. The predicted molar refractivity (Wildman–Crippen MR) is 132 cm³/mol. The van der Waals surface area contributed by atoms with E-state index in [2.05, 4.69) is 31.1 Å². The molecular formula is C24H40N6O4. The summed E-state index contributed by atoms with van der Waals surface area (Å²) in [6.45, 7) is 16.2. The average Bonchev–Trinajstić information content (AvgIpc) is 3.35. The van der Waals surface area contributed by atoms with Crippen molar-refractivity contribution in [2.24, 2.45) is 5.92 Å². The minimum atomic E-state index is -0.623. The third-order valence-electron chi connectivity index (χ3n) is 5.21. The number of aromatic nitrogens is 4. The van der Waals surface area contributed by atoms with Gasteiger partial charge in [-0.25, -0.2) is 14.7 Å². The summed E-state index contributed by atoms with van der Waals surface area (Å²) in [6.07, 6.45) is 3.91. The maximum atomic E-state index is 13.1. The van der Waals surface area contributed by atoms with E-state index in [4.69, 9.17) is 24.2 Å². The van der Waals surface area contributed by atoms with Gasteiger partial charge in [0.1, 0.15) is 11.7 Å². The predicted octanol–water partition coefficient (Wildman–Crippen LogP) is 4.59. The molecule has 3 rings (SSSR count). The Balaban J connectivity index is 1.98. The lowest BCUT2D eigenvalue weighted by Gasteiger charge is -2.26. The van der Waals surface area contributed by atoms with Crippen molar-refractivity contribution in [1.82, 2.24) is 19.5 Å². The van der Waals surface area contributed by atoms with Gasteiger partial charge in [-0.15, -0.1) is 0 Å². The smallest absolute Gasteiger partial charge is 0.417 e. The lowest BCUT2D eigenvalue weighted by atomic mass is 10.2. The van der Waals surface area contributed by atoms with Crippen molar-refractivity contribution in [2.45, 2.75) is 92.3 Å². The van der Waals surface area contributed by atoms with Gasteiger partial charge in [0.25, 0.3) is 0 Å². The van der Waals surface area contributed by atoms with E-state index < -0.39 is 11.7 Å². The molecular weight excluding hydrogens is 436 g/mol. The first-order chi connectivity index (χ1) is 16.1. The number of epoxide rings is 1. The molecule has 1 amide bonds. The van der Waals surface area contributed by atoms with Crippen LogP contribution in [0.3, 0.4) is 0 Å². The summed E-state index contributed by atoms with van der Waals surface area (Å²) in [5, 5.41) is 3.39. The first-order valence-electron chi connectivity index (χ1n) is 12.4. The number of anilines is 2. The van der Waals surface area contributed by atoms with Gasteiger partial charge in [0.15, 0.2) is 23.3 Å². The van der Waals surface area contributed by atoms with E-state index in [0.29, 0.717) is 48.5 Å². The summed E-state index contributed by atoms with van der Waals surface area (Å²) in [6, 6.07) is 0. The van der Waals surface area contributed by atoms with Gasteiger partial charge in [-0.2, -0.15) is 9.97 Å². The number of nitrogens with zero attached hydrogens (tertiary/aromatic N) is 5. The second kappa shape index (κ2) is 11.3. The Kier molecular flexibility index (Phi) is 8.70. The van der Waals surface area contributed by atoms with Gasteiger partial charge in [-0.05, 0) is 40.0 Å². The Morgan fingerprint density at radius 2 is 2.03 bits per heavy atom. The monoisotopic (exact) mass is 476 g/mol. The van der Waals surface area contributed by atoms with Crippen LogP contribution in [0.15, 0.2) is 6.33 Å². The number of ether oxygens (including phenoxy) is 3. The van der Waals surface area contributed by atoms with E-state index in [9.17, 15) is 4.79 Å². The largest absolute Gasteiger partial charge is 0.443 e. The number of imidazole rings is 1. The molecule has 10 nitrogen and oxygen atoms in total. The first kappa shape index (κ1) is 26.2. The standard InChI is InChI=1S/C24H40N6O4/c1-8-10-11-12-30(23(31)34-24(5,6)7)22-27-19(25-13-16(3)4)18-20(28-22)29(15-26-18)14-17-21(33-17)32-9-2/h15-17,21H,8-14H2,1-7H3,(H,25,27,28). The summed E-state index contributed by atoms with van der Waals surface area (Å²) >= 11 is 0. The van der Waals surface area contributed by atoms with E-state index in [1.165, 1.54) is 4.90 Å². The molecule has 3 heterocycles. The maximum Gasteiger partial charge on any atom is 0.417 e. The third-order valence-corrected chi connectivity index (χ3v) is 5.21. The van der Waals surface area contributed by atoms with Gasteiger partial charge in [-0.3, -0.25) is 0 Å². The topological polar surface area (TPSA) is 107 Å². The van der Waals surface area contributed by atoms with E-state index in [-0.39, 0.29) is 12.4 Å². The normalized spacial score (nSPS) is 17.9. The molecule has 0 aliphatic carbocycles. The van der Waals surface area contributed by atoms with Crippen molar-refractivity contribution in [3.8, 4) is 0 Å². The molecule has 2 aromatic heterocycles. The highest BCUT2D eigenvalue weighted by Crippen LogP contribution is 2.29. The van der Waals surface area contributed by atoms with Crippen molar-refractivity contribution in [1.29, 1.82) is 0 Å². The molecule has 10 heteroatoms. The first-order valence-corrected chi connectivity index (χ1v) is 12.4. The number of hydrogen-bond donors (Lipinski definition) is 1. The van der Waals surface area contributed by atoms with Gasteiger partial charge >= 0.3 is 6.09 Å². The summed E-state index contributed by atoms with van der Waals surface area (Å²) < 4.78 is 18.8. The minimum Gasteiger partial charge on any atom is -0.443 e. The van der Waals surface area contributed by atoms with Gasteiger partial charge in [0.05, 0.1) is 12.9 Å². The van der Waals surface area contributed by atoms with Crippen molar-refractivity contribution in [2.75, 3.05) is 29.9 Å². The molecule has 1 saturated heterocycles. The number of amides is 1. The Morgan fingerprint density at radius 3 is 2.68 bits per heavy atom. The van der Waals surface area contributed by atoms with Crippen LogP contribution in [-0.2, 0) is 20.8 Å². The highest BCUT2D eigenvalue weighted by Gasteiger charge is 2.40. The zero-order valence-corrected chi connectivity index (χ0v) is 21.6. The molecule has 2 aromatic rings. The Labute approximate surface area is 202 Å². The highest BCUT2D eigenvalue weighted by atomic mass is 16.8. The summed E-state index contributed by atoms with van der Waals surface area (Å²) in [5.74, 6) is 1.33. The summed E-state index contributed by atoms with van der Waals surface area (Å²) in [5.41, 5.74) is 0.684. The molecule has 1 fully saturated rings. The van der Waals surface area contributed by atoms with Crippen molar-refractivity contribution in [3.05, 3.63) is 6.33 Å². The van der Waals surface area contributed by atoms with Crippen LogP contribution >= 0.6 is 0 Å². The SMILES string of the molecule is CCCCCN(C(=O)OC(C)(C)C)c1nc(NCC(C)C)c2ncn(CC3OC3OCC)c2n1. The molecule has 0 saturated carbocycles. The number of unbranched alkanes of at least 4 members (excludes halogenated alkanes) is 2. The number of carbonyl (C=O) groups is 1.